The maximum atomic E-state index is 11.5. The van der Waals surface area contributed by atoms with Gasteiger partial charge in [0.1, 0.15) is 16.6 Å². The highest BCUT2D eigenvalue weighted by molar-refractivity contribution is 7.23. The Labute approximate surface area is 109 Å². The summed E-state index contributed by atoms with van der Waals surface area (Å²) in [7, 11) is 0. The lowest BCUT2D eigenvalue weighted by Crippen LogP contribution is -2.29. The topological polar surface area (TPSA) is 82.2 Å². The highest BCUT2D eigenvalue weighted by Gasteiger charge is 2.15. The number of amides is 1. The molecule has 2 aromatic heterocycles. The summed E-state index contributed by atoms with van der Waals surface area (Å²) in [5.74, 6) is -1.60. The van der Waals surface area contributed by atoms with Crippen molar-refractivity contribution in [1.82, 2.24) is 10.3 Å². The zero-order chi connectivity index (χ0) is 12.6. The molecule has 5 nitrogen and oxygen atoms in total. The van der Waals surface area contributed by atoms with Crippen molar-refractivity contribution in [2.45, 2.75) is 0 Å². The van der Waals surface area contributed by atoms with Gasteiger partial charge >= 0.3 is 5.97 Å². The second kappa shape index (κ2) is 4.56. The van der Waals surface area contributed by atoms with Crippen molar-refractivity contribution in [3.05, 3.63) is 21.1 Å². The van der Waals surface area contributed by atoms with Gasteiger partial charge in [0.15, 0.2) is 0 Å². The minimum Gasteiger partial charge on any atom is -0.480 e. The van der Waals surface area contributed by atoms with Gasteiger partial charge in [0, 0.05) is 0 Å². The number of hydrogen-bond donors (Lipinski definition) is 3. The van der Waals surface area contributed by atoms with E-state index >= 15 is 0 Å². The fourth-order valence-corrected chi connectivity index (χ4v) is 2.77. The number of fused-ring (bicyclic) bond motifs is 1. The molecule has 3 N–H and O–H groups in total. The number of aromatic amines is 1. The first-order valence-corrected chi connectivity index (χ1v) is 6.02. The third-order valence-corrected chi connectivity index (χ3v) is 3.95. The summed E-state index contributed by atoms with van der Waals surface area (Å²) in [6, 6.07) is 1.58. The van der Waals surface area contributed by atoms with E-state index in [0.717, 1.165) is 4.70 Å². The molecule has 0 bridgehead atoms. The molecule has 1 amide bonds. The molecule has 0 radical (unpaired) electrons. The molecule has 0 aliphatic carbocycles. The van der Waals surface area contributed by atoms with E-state index in [9.17, 15) is 9.59 Å². The number of aromatic nitrogens is 1. The third kappa shape index (κ3) is 2.38. The predicted octanol–water partition coefficient (Wildman–Crippen LogP) is 2.35. The predicted molar refractivity (Wildman–Crippen MR) is 66.2 cm³/mol. The van der Waals surface area contributed by atoms with Gasteiger partial charge in [-0.25, -0.2) is 0 Å². The molecule has 0 aromatic carbocycles. The number of carbonyl (C=O) groups is 2. The van der Waals surface area contributed by atoms with Crippen LogP contribution in [0.3, 0.4) is 0 Å². The Kier molecular flexibility index (Phi) is 3.28. The molecule has 0 atom stereocenters. The maximum absolute atomic E-state index is 11.5. The molecule has 0 saturated heterocycles. The summed E-state index contributed by atoms with van der Waals surface area (Å²) in [5.41, 5.74) is 0.841. The van der Waals surface area contributed by atoms with Gasteiger partial charge in [0.05, 0.1) is 15.2 Å². The molecule has 0 aliphatic rings. The van der Waals surface area contributed by atoms with E-state index in [0.29, 0.717) is 14.9 Å². The number of nitrogens with one attached hydrogen (secondary N) is 2. The quantitative estimate of drug-likeness (QED) is 0.812. The SMILES string of the molecule is O=C(O)CNC(=O)c1cc2sc(Cl)c(Cl)c2[nH]1. The Morgan fingerprint density at radius 1 is 1.47 bits per heavy atom. The molecular formula is C9H6Cl2N2O3S. The van der Waals surface area contributed by atoms with Gasteiger partial charge < -0.3 is 15.4 Å². The summed E-state index contributed by atoms with van der Waals surface area (Å²) in [5, 5.41) is 11.0. The van der Waals surface area contributed by atoms with Crippen LogP contribution >= 0.6 is 34.5 Å². The van der Waals surface area contributed by atoms with Crippen molar-refractivity contribution in [3.8, 4) is 0 Å². The summed E-state index contributed by atoms with van der Waals surface area (Å²) in [6.45, 7) is -0.431. The lowest BCUT2D eigenvalue weighted by molar-refractivity contribution is -0.135. The zero-order valence-electron chi connectivity index (χ0n) is 8.21. The molecule has 2 aromatic rings. The van der Waals surface area contributed by atoms with Crippen molar-refractivity contribution in [3.63, 3.8) is 0 Å². The van der Waals surface area contributed by atoms with E-state index in [2.05, 4.69) is 10.3 Å². The minimum atomic E-state index is -1.10. The van der Waals surface area contributed by atoms with Gasteiger partial charge in [-0.2, -0.15) is 0 Å². The smallest absolute Gasteiger partial charge is 0.322 e. The van der Waals surface area contributed by atoms with Crippen LogP contribution in [-0.2, 0) is 4.79 Å². The van der Waals surface area contributed by atoms with Crippen LogP contribution in [0.15, 0.2) is 6.07 Å². The summed E-state index contributed by atoms with van der Waals surface area (Å²) < 4.78 is 1.20. The number of H-pyrrole nitrogens is 1. The Morgan fingerprint density at radius 2 is 2.18 bits per heavy atom. The van der Waals surface area contributed by atoms with Crippen molar-refractivity contribution in [1.29, 1.82) is 0 Å². The van der Waals surface area contributed by atoms with Gasteiger partial charge in [-0.15, -0.1) is 11.3 Å². The fraction of sp³-hybridized carbons (Fsp3) is 0.111. The van der Waals surface area contributed by atoms with Gasteiger partial charge in [-0.05, 0) is 6.07 Å². The number of thiophene rings is 1. The lowest BCUT2D eigenvalue weighted by Gasteiger charge is -1.98. The van der Waals surface area contributed by atoms with Crippen LogP contribution in [0, 0.1) is 0 Å². The van der Waals surface area contributed by atoms with E-state index in [1.807, 2.05) is 0 Å². The maximum Gasteiger partial charge on any atom is 0.322 e. The number of rotatable bonds is 3. The Balaban J connectivity index is 2.25. The van der Waals surface area contributed by atoms with Crippen molar-refractivity contribution in [2.24, 2.45) is 0 Å². The largest absolute Gasteiger partial charge is 0.480 e. The number of carboxylic acids is 1. The Bertz CT molecular complexity index is 605. The molecule has 2 rings (SSSR count). The van der Waals surface area contributed by atoms with E-state index in [-0.39, 0.29) is 5.69 Å². The number of carbonyl (C=O) groups excluding carboxylic acids is 1. The van der Waals surface area contributed by atoms with Crippen molar-refractivity contribution < 1.29 is 14.7 Å². The lowest BCUT2D eigenvalue weighted by atomic mass is 10.4. The van der Waals surface area contributed by atoms with Crippen LogP contribution in [0.2, 0.25) is 9.36 Å². The number of carboxylic acid groups (broad SMARTS) is 1. The van der Waals surface area contributed by atoms with Crippen LogP contribution in [-0.4, -0.2) is 28.5 Å². The molecule has 8 heteroatoms. The molecule has 90 valence electrons. The van der Waals surface area contributed by atoms with Crippen molar-refractivity contribution >= 4 is 56.6 Å². The molecule has 0 aliphatic heterocycles. The second-order valence-electron chi connectivity index (χ2n) is 3.19. The summed E-state index contributed by atoms with van der Waals surface area (Å²) in [4.78, 5) is 24.6. The monoisotopic (exact) mass is 292 g/mol. The van der Waals surface area contributed by atoms with Gasteiger partial charge in [0.25, 0.3) is 5.91 Å². The Morgan fingerprint density at radius 3 is 2.76 bits per heavy atom. The number of aliphatic carboxylic acids is 1. The normalized spacial score (nSPS) is 10.7. The van der Waals surface area contributed by atoms with Crippen LogP contribution < -0.4 is 5.32 Å². The van der Waals surface area contributed by atoms with Gasteiger partial charge in [-0.1, -0.05) is 23.2 Å². The molecule has 0 spiro atoms. The second-order valence-corrected chi connectivity index (χ2v) is 5.22. The molecular weight excluding hydrogens is 287 g/mol. The van der Waals surface area contributed by atoms with Crippen molar-refractivity contribution in [2.75, 3.05) is 6.54 Å². The molecule has 17 heavy (non-hydrogen) atoms. The first kappa shape index (κ1) is 12.2. The first-order chi connectivity index (χ1) is 7.99. The van der Waals surface area contributed by atoms with Crippen LogP contribution in [0.4, 0.5) is 0 Å². The Hall–Kier alpha value is -1.24. The van der Waals surface area contributed by atoms with E-state index < -0.39 is 18.4 Å². The molecule has 0 unspecified atom stereocenters. The van der Waals surface area contributed by atoms with Crippen LogP contribution in [0.5, 0.6) is 0 Å². The van der Waals surface area contributed by atoms with Crippen LogP contribution in [0.25, 0.3) is 10.2 Å². The average Bonchev–Trinajstić information content (AvgIpc) is 2.77. The highest BCUT2D eigenvalue weighted by atomic mass is 35.5. The average molecular weight is 293 g/mol. The molecule has 0 saturated carbocycles. The fourth-order valence-electron chi connectivity index (χ4n) is 1.29. The highest BCUT2D eigenvalue weighted by Crippen LogP contribution is 2.38. The first-order valence-electron chi connectivity index (χ1n) is 4.45. The molecule has 0 fully saturated rings. The van der Waals surface area contributed by atoms with Gasteiger partial charge in [0.2, 0.25) is 0 Å². The standard InChI is InChI=1S/C9H6Cl2N2O3S/c10-6-7-4(17-8(6)11)1-3(13-7)9(16)12-2-5(14)15/h1,13H,2H2,(H,12,16)(H,14,15). The van der Waals surface area contributed by atoms with Crippen LogP contribution in [0.1, 0.15) is 10.5 Å². The van der Waals surface area contributed by atoms with Gasteiger partial charge in [-0.3, -0.25) is 9.59 Å². The van der Waals surface area contributed by atoms with E-state index in [4.69, 9.17) is 28.3 Å². The van der Waals surface area contributed by atoms with E-state index in [1.54, 1.807) is 6.07 Å². The van der Waals surface area contributed by atoms with E-state index in [1.165, 1.54) is 11.3 Å². The zero-order valence-corrected chi connectivity index (χ0v) is 10.5. The summed E-state index contributed by atoms with van der Waals surface area (Å²) >= 11 is 13.0. The minimum absolute atomic E-state index is 0.256. The molecule has 2 heterocycles. The number of halogens is 2. The third-order valence-electron chi connectivity index (χ3n) is 2.02. The summed E-state index contributed by atoms with van der Waals surface area (Å²) in [6.07, 6.45) is 0. The number of hydrogen-bond acceptors (Lipinski definition) is 3.